The van der Waals surface area contributed by atoms with Gasteiger partial charge in [-0.25, -0.2) is 12.8 Å². The first-order valence-electron chi connectivity index (χ1n) is 12.6. The number of halogens is 5. The normalized spacial score (nSPS) is 14.6. The van der Waals surface area contributed by atoms with Crippen molar-refractivity contribution in [2.45, 2.75) is 17.8 Å². The Morgan fingerprint density at radius 3 is 2.45 bits per heavy atom. The molecule has 0 atom stereocenters. The number of hydrogen-bond donors (Lipinski definition) is 1. The maximum absolute atomic E-state index is 13.4. The second-order valence-electron chi connectivity index (χ2n) is 9.51. The van der Waals surface area contributed by atoms with Crippen molar-refractivity contribution in [1.29, 1.82) is 0 Å². The average molecular weight is 623 g/mol. The van der Waals surface area contributed by atoms with Crippen molar-refractivity contribution >= 4 is 44.1 Å². The Balaban J connectivity index is 1.33. The molecule has 0 spiro atoms. The summed E-state index contributed by atoms with van der Waals surface area (Å²) >= 11 is 5.85. The molecular weight excluding hydrogens is 600 g/mol. The summed E-state index contributed by atoms with van der Waals surface area (Å²) in [7, 11) is -4.40. The summed E-state index contributed by atoms with van der Waals surface area (Å²) in [6.07, 6.45) is -3.75. The monoisotopic (exact) mass is 622 g/mol. The van der Waals surface area contributed by atoms with E-state index in [2.05, 4.69) is 14.4 Å². The van der Waals surface area contributed by atoms with Crippen molar-refractivity contribution in [1.82, 2.24) is 14.8 Å². The lowest BCUT2D eigenvalue weighted by molar-refractivity contribution is -0.274. The number of alkyl halides is 3. The molecule has 1 aromatic heterocycles. The number of carbonyl (C=O) groups excluding carboxylic acids is 1. The molecule has 5 rings (SSSR count). The third kappa shape index (κ3) is 6.75. The van der Waals surface area contributed by atoms with Gasteiger partial charge in [0, 0.05) is 49.9 Å². The first kappa shape index (κ1) is 29.5. The van der Waals surface area contributed by atoms with Crippen LogP contribution in [0.1, 0.15) is 15.9 Å². The fourth-order valence-electron chi connectivity index (χ4n) is 4.63. The molecule has 1 aliphatic rings. The van der Waals surface area contributed by atoms with Crippen molar-refractivity contribution in [3.05, 3.63) is 94.9 Å². The van der Waals surface area contributed by atoms with Crippen LogP contribution in [0, 0.1) is 5.82 Å². The molecule has 3 aromatic carbocycles. The average Bonchev–Trinajstić information content (AvgIpc) is 2.95. The van der Waals surface area contributed by atoms with Crippen molar-refractivity contribution in [3.63, 3.8) is 0 Å². The third-order valence-corrected chi connectivity index (χ3v) is 8.32. The Kier molecular flexibility index (Phi) is 8.26. The van der Waals surface area contributed by atoms with Gasteiger partial charge in [0.2, 0.25) is 0 Å². The highest BCUT2D eigenvalue weighted by molar-refractivity contribution is 7.93. The molecule has 1 N–H and O–H groups in total. The first-order valence-corrected chi connectivity index (χ1v) is 14.5. The van der Waals surface area contributed by atoms with E-state index in [1.165, 1.54) is 41.4 Å². The summed E-state index contributed by atoms with van der Waals surface area (Å²) in [5.41, 5.74) is 0.328. The van der Waals surface area contributed by atoms with E-state index in [0.29, 0.717) is 25.0 Å². The number of nitrogens with zero attached hydrogens (tertiary/aromatic N) is 3. The lowest BCUT2D eigenvalue weighted by atomic mass is 10.1. The molecule has 1 saturated heterocycles. The Morgan fingerprint density at radius 1 is 1.00 bits per heavy atom. The number of nitrogens with one attached hydrogen (secondary N) is 1. The first-order chi connectivity index (χ1) is 19.9. The van der Waals surface area contributed by atoms with E-state index >= 15 is 0 Å². The summed E-state index contributed by atoms with van der Waals surface area (Å²) in [6.45, 7) is 1.97. The molecule has 0 radical (unpaired) electrons. The van der Waals surface area contributed by atoms with Crippen LogP contribution >= 0.6 is 11.6 Å². The highest BCUT2D eigenvalue weighted by Gasteiger charge is 2.34. The molecule has 14 heteroatoms. The van der Waals surface area contributed by atoms with Gasteiger partial charge in [-0.15, -0.1) is 13.2 Å². The number of rotatable bonds is 7. The van der Waals surface area contributed by atoms with Gasteiger partial charge in [-0.1, -0.05) is 35.9 Å². The van der Waals surface area contributed by atoms with E-state index in [1.807, 2.05) is 4.90 Å². The number of para-hydroxylation sites is 1. The van der Waals surface area contributed by atoms with Gasteiger partial charge < -0.3 is 9.64 Å². The van der Waals surface area contributed by atoms with Crippen LogP contribution in [0.5, 0.6) is 5.75 Å². The number of piperazine rings is 1. The largest absolute Gasteiger partial charge is 0.573 e. The molecule has 1 amide bonds. The summed E-state index contributed by atoms with van der Waals surface area (Å²) in [4.78, 5) is 20.6. The van der Waals surface area contributed by atoms with Gasteiger partial charge >= 0.3 is 6.36 Å². The Bertz CT molecular complexity index is 1740. The van der Waals surface area contributed by atoms with Crippen LogP contribution in [0.2, 0.25) is 5.02 Å². The van der Waals surface area contributed by atoms with Gasteiger partial charge in [-0.3, -0.25) is 19.4 Å². The van der Waals surface area contributed by atoms with Gasteiger partial charge in [-0.2, -0.15) is 0 Å². The van der Waals surface area contributed by atoms with Crippen molar-refractivity contribution in [2.24, 2.45) is 0 Å². The number of pyridine rings is 1. The van der Waals surface area contributed by atoms with E-state index in [4.69, 9.17) is 11.6 Å². The number of carbonyl (C=O) groups is 1. The standard InChI is InChI=1S/C28H23ClF4N4O4S/c29-21-15-18(6-8-22(21)30)17-36-11-13-37(14-12-36)27(38)20-7-9-23(24(16-20)41-28(31,32)33)35-42(39,40)25-5-1-3-19-4-2-10-34-26(19)25/h1-10,15-16,35H,11-14,17H2. The molecule has 8 nitrogen and oxygen atoms in total. The quantitative estimate of drug-likeness (QED) is 0.267. The number of fused-ring (bicyclic) bond motifs is 1. The zero-order valence-corrected chi connectivity index (χ0v) is 23.3. The minimum Gasteiger partial charge on any atom is -0.404 e. The highest BCUT2D eigenvalue weighted by atomic mass is 35.5. The summed E-state index contributed by atoms with van der Waals surface area (Å²) < 4.78 is 86.0. The predicted octanol–water partition coefficient (Wildman–Crippen LogP) is 5.68. The zero-order valence-electron chi connectivity index (χ0n) is 21.7. The van der Waals surface area contributed by atoms with Crippen LogP contribution in [0.3, 0.4) is 0 Å². The molecule has 42 heavy (non-hydrogen) atoms. The molecule has 220 valence electrons. The fourth-order valence-corrected chi connectivity index (χ4v) is 6.08. The number of benzene rings is 3. The number of ether oxygens (including phenoxy) is 1. The van der Waals surface area contributed by atoms with Crippen LogP contribution in [0.25, 0.3) is 10.9 Å². The van der Waals surface area contributed by atoms with Crippen LogP contribution in [-0.4, -0.2) is 61.7 Å². The zero-order chi connectivity index (χ0) is 30.1. The third-order valence-electron chi connectivity index (χ3n) is 6.63. The smallest absolute Gasteiger partial charge is 0.404 e. The van der Waals surface area contributed by atoms with E-state index in [-0.39, 0.29) is 34.1 Å². The SMILES string of the molecule is O=C(c1ccc(NS(=O)(=O)c2cccc3cccnc23)c(OC(F)(F)F)c1)N1CCN(Cc2ccc(F)c(Cl)c2)CC1. The Labute approximate surface area is 243 Å². The van der Waals surface area contributed by atoms with Crippen LogP contribution < -0.4 is 9.46 Å². The number of aromatic nitrogens is 1. The topological polar surface area (TPSA) is 91.8 Å². The Morgan fingerprint density at radius 2 is 1.74 bits per heavy atom. The predicted molar refractivity (Wildman–Crippen MR) is 148 cm³/mol. The molecule has 0 saturated carbocycles. The van der Waals surface area contributed by atoms with Crippen LogP contribution in [0.4, 0.5) is 23.2 Å². The lowest BCUT2D eigenvalue weighted by Gasteiger charge is -2.35. The molecule has 2 heterocycles. The maximum Gasteiger partial charge on any atom is 0.573 e. The molecule has 1 fully saturated rings. The van der Waals surface area contributed by atoms with Gasteiger partial charge in [0.05, 0.1) is 16.2 Å². The van der Waals surface area contributed by atoms with Gasteiger partial charge in [0.15, 0.2) is 5.75 Å². The maximum atomic E-state index is 13.4. The molecular formula is C28H23ClF4N4O4S. The van der Waals surface area contributed by atoms with E-state index in [1.54, 1.807) is 24.3 Å². The number of sulfonamides is 1. The van der Waals surface area contributed by atoms with E-state index in [9.17, 15) is 30.8 Å². The van der Waals surface area contributed by atoms with Gasteiger partial charge in [-0.05, 0) is 48.0 Å². The van der Waals surface area contributed by atoms with Crippen LogP contribution in [-0.2, 0) is 16.6 Å². The molecule has 0 bridgehead atoms. The number of anilines is 1. The van der Waals surface area contributed by atoms with Crippen LogP contribution in [0.15, 0.2) is 77.8 Å². The molecule has 0 aliphatic carbocycles. The summed E-state index contributed by atoms with van der Waals surface area (Å²) in [5, 5.41) is 0.535. The fraction of sp³-hybridized carbons (Fsp3) is 0.214. The van der Waals surface area contributed by atoms with Crippen molar-refractivity contribution in [2.75, 3.05) is 30.9 Å². The second-order valence-corrected chi connectivity index (χ2v) is 11.6. The van der Waals surface area contributed by atoms with Gasteiger partial charge in [0.1, 0.15) is 10.7 Å². The summed E-state index contributed by atoms with van der Waals surface area (Å²) in [5.74, 6) is -1.94. The highest BCUT2D eigenvalue weighted by Crippen LogP contribution is 2.34. The molecule has 4 aromatic rings. The minimum absolute atomic E-state index is 0.0118. The van der Waals surface area contributed by atoms with Crippen molar-refractivity contribution in [3.8, 4) is 5.75 Å². The molecule has 1 aliphatic heterocycles. The lowest BCUT2D eigenvalue weighted by Crippen LogP contribution is -2.48. The second kappa shape index (κ2) is 11.7. The Hall–Kier alpha value is -3.94. The summed E-state index contributed by atoms with van der Waals surface area (Å²) in [6, 6.07) is 15.3. The molecule has 0 unspecified atom stereocenters. The van der Waals surface area contributed by atoms with Crippen molar-refractivity contribution < 1.29 is 35.5 Å². The number of hydrogen-bond acceptors (Lipinski definition) is 6. The number of amides is 1. The minimum atomic E-state index is -5.16. The van der Waals surface area contributed by atoms with E-state index in [0.717, 1.165) is 17.7 Å². The van der Waals surface area contributed by atoms with E-state index < -0.39 is 39.5 Å². The van der Waals surface area contributed by atoms with Gasteiger partial charge in [0.25, 0.3) is 15.9 Å².